The number of ether oxygens (including phenoxy) is 1. The van der Waals surface area contributed by atoms with Gasteiger partial charge in [0, 0.05) is 11.3 Å². The largest absolute Gasteiger partial charge is 0.475 e. The average molecular weight is 337 g/mol. The first-order chi connectivity index (χ1) is 11.0. The molecule has 1 aromatic heterocycles. The van der Waals surface area contributed by atoms with E-state index in [1.165, 1.54) is 30.1 Å². The molecule has 3 rings (SSSR count). The fraction of sp³-hybridized carbons (Fsp3) is 0.312. The Bertz CT molecular complexity index is 652. The summed E-state index contributed by atoms with van der Waals surface area (Å²) in [6.45, 7) is 0. The van der Waals surface area contributed by atoms with Gasteiger partial charge in [0.15, 0.2) is 5.44 Å². The number of benzene rings is 1. The zero-order chi connectivity index (χ0) is 16.4. The minimum atomic E-state index is -1.23. The number of thioether (sulfide) groups is 1. The van der Waals surface area contributed by atoms with Crippen molar-refractivity contribution in [2.45, 2.75) is 23.7 Å². The maximum absolute atomic E-state index is 12.9. The van der Waals surface area contributed by atoms with E-state index in [0.29, 0.717) is 11.4 Å². The van der Waals surface area contributed by atoms with Gasteiger partial charge in [-0.15, -0.1) is 11.8 Å². The van der Waals surface area contributed by atoms with Crippen LogP contribution in [-0.2, 0) is 0 Å². The molecule has 2 heterocycles. The second-order valence-corrected chi connectivity index (χ2v) is 6.39. The third kappa shape index (κ3) is 3.64. The lowest BCUT2D eigenvalue weighted by Crippen LogP contribution is -2.50. The predicted molar refractivity (Wildman–Crippen MR) is 84.5 cm³/mol. The van der Waals surface area contributed by atoms with Gasteiger partial charge < -0.3 is 20.1 Å². The van der Waals surface area contributed by atoms with Crippen LogP contribution >= 0.6 is 11.8 Å². The fourth-order valence-corrected chi connectivity index (χ4v) is 3.38. The van der Waals surface area contributed by atoms with Crippen molar-refractivity contribution in [3.05, 3.63) is 48.4 Å². The lowest BCUT2D eigenvalue weighted by Gasteiger charge is -2.34. The Morgan fingerprint density at radius 1 is 1.04 bits per heavy atom. The van der Waals surface area contributed by atoms with Crippen molar-refractivity contribution in [3.8, 4) is 17.0 Å². The van der Waals surface area contributed by atoms with Crippen molar-refractivity contribution in [2.24, 2.45) is 0 Å². The van der Waals surface area contributed by atoms with Crippen LogP contribution in [0.2, 0.25) is 0 Å². The molecule has 0 bridgehead atoms. The van der Waals surface area contributed by atoms with Gasteiger partial charge in [-0.05, 0) is 36.4 Å². The van der Waals surface area contributed by atoms with Crippen molar-refractivity contribution in [2.75, 3.05) is 5.75 Å². The van der Waals surface area contributed by atoms with E-state index in [-0.39, 0.29) is 11.6 Å². The smallest absolute Gasteiger partial charge is 0.173 e. The van der Waals surface area contributed by atoms with E-state index >= 15 is 0 Å². The van der Waals surface area contributed by atoms with E-state index in [9.17, 15) is 19.7 Å². The molecule has 0 saturated carbocycles. The topological polar surface area (TPSA) is 82.8 Å². The lowest BCUT2D eigenvalue weighted by molar-refractivity contribution is -0.0786. The Morgan fingerprint density at radius 3 is 2.43 bits per heavy atom. The van der Waals surface area contributed by atoms with Gasteiger partial charge in [0.25, 0.3) is 0 Å². The quantitative estimate of drug-likeness (QED) is 0.786. The van der Waals surface area contributed by atoms with Crippen LogP contribution in [-0.4, -0.2) is 49.8 Å². The van der Waals surface area contributed by atoms with Crippen molar-refractivity contribution < 1.29 is 24.4 Å². The summed E-state index contributed by atoms with van der Waals surface area (Å²) in [4.78, 5) is 4.25. The third-order valence-electron chi connectivity index (χ3n) is 3.58. The van der Waals surface area contributed by atoms with Crippen molar-refractivity contribution in [3.63, 3.8) is 0 Å². The Hall–Kier alpha value is -1.67. The van der Waals surface area contributed by atoms with Crippen LogP contribution in [0.25, 0.3) is 11.3 Å². The number of rotatable bonds is 3. The van der Waals surface area contributed by atoms with E-state index in [2.05, 4.69) is 4.98 Å². The molecule has 0 amide bonds. The zero-order valence-electron chi connectivity index (χ0n) is 12.0. The maximum Gasteiger partial charge on any atom is 0.173 e. The van der Waals surface area contributed by atoms with E-state index in [4.69, 9.17) is 4.74 Å². The molecule has 1 aliphatic heterocycles. The Morgan fingerprint density at radius 2 is 1.78 bits per heavy atom. The molecule has 122 valence electrons. The highest BCUT2D eigenvalue weighted by molar-refractivity contribution is 7.99. The number of aliphatic hydroxyl groups excluding tert-OH is 3. The minimum Gasteiger partial charge on any atom is -0.475 e. The Kier molecular flexibility index (Phi) is 4.82. The number of halogens is 1. The molecular formula is C16H16FNO4S. The maximum atomic E-state index is 12.9. The molecule has 1 unspecified atom stereocenters. The van der Waals surface area contributed by atoms with Crippen LogP contribution in [0.15, 0.2) is 42.6 Å². The SMILES string of the molecule is O[C@H]1[C@H](O)CSC(Oc2ccc(-c3ccc(F)cc3)nc2)[C@@H]1O. The van der Waals surface area contributed by atoms with Gasteiger partial charge in [-0.2, -0.15) is 0 Å². The molecule has 23 heavy (non-hydrogen) atoms. The molecule has 4 atom stereocenters. The fourth-order valence-electron chi connectivity index (χ4n) is 2.26. The van der Waals surface area contributed by atoms with Gasteiger partial charge in [-0.25, -0.2) is 4.39 Å². The highest BCUT2D eigenvalue weighted by Gasteiger charge is 2.38. The summed E-state index contributed by atoms with van der Waals surface area (Å²) in [5.41, 5.74) is 0.778. The molecule has 1 aliphatic rings. The van der Waals surface area contributed by atoms with Gasteiger partial charge in [-0.1, -0.05) is 0 Å². The normalized spacial score (nSPS) is 27.7. The number of hydrogen-bond acceptors (Lipinski definition) is 6. The Balaban J connectivity index is 1.69. The summed E-state index contributed by atoms with van der Waals surface area (Å²) >= 11 is 1.23. The summed E-state index contributed by atoms with van der Waals surface area (Å²) in [5.74, 6) is 0.415. The molecule has 0 aliphatic carbocycles. The second-order valence-electron chi connectivity index (χ2n) is 5.25. The second kappa shape index (κ2) is 6.84. The molecule has 0 radical (unpaired) electrons. The molecular weight excluding hydrogens is 321 g/mol. The number of aliphatic hydroxyl groups is 3. The summed E-state index contributed by atoms with van der Waals surface area (Å²) in [6, 6.07) is 9.42. The first kappa shape index (κ1) is 16.2. The van der Waals surface area contributed by atoms with Gasteiger partial charge in [-0.3, -0.25) is 4.98 Å². The summed E-state index contributed by atoms with van der Waals surface area (Å²) in [6.07, 6.45) is -1.87. The van der Waals surface area contributed by atoms with Crippen LogP contribution in [0.5, 0.6) is 5.75 Å². The van der Waals surface area contributed by atoms with E-state index in [1.54, 1.807) is 24.3 Å². The number of aromatic nitrogens is 1. The predicted octanol–water partition coefficient (Wildman–Crippen LogP) is 1.42. The molecule has 0 spiro atoms. The lowest BCUT2D eigenvalue weighted by atomic mass is 10.1. The minimum absolute atomic E-state index is 0.282. The van der Waals surface area contributed by atoms with Crippen LogP contribution in [0.3, 0.4) is 0 Å². The van der Waals surface area contributed by atoms with Crippen LogP contribution in [0.4, 0.5) is 4.39 Å². The summed E-state index contributed by atoms with van der Waals surface area (Å²) < 4.78 is 18.5. The first-order valence-electron chi connectivity index (χ1n) is 7.09. The van der Waals surface area contributed by atoms with E-state index in [1.807, 2.05) is 0 Å². The van der Waals surface area contributed by atoms with Gasteiger partial charge in [0.2, 0.25) is 0 Å². The number of pyridine rings is 1. The standard InChI is InChI=1S/C16H16FNO4S/c17-10-3-1-9(2-4-10)12-6-5-11(7-18-12)22-16-15(21)14(20)13(19)8-23-16/h1-7,13-16,19-21H,8H2/t13-,14+,15-,16?/m1/s1. The van der Waals surface area contributed by atoms with Gasteiger partial charge >= 0.3 is 0 Å². The molecule has 1 saturated heterocycles. The van der Waals surface area contributed by atoms with Crippen molar-refractivity contribution >= 4 is 11.8 Å². The Labute approximate surface area is 136 Å². The van der Waals surface area contributed by atoms with Crippen LogP contribution < -0.4 is 4.74 Å². The highest BCUT2D eigenvalue weighted by Crippen LogP contribution is 2.29. The molecule has 7 heteroatoms. The average Bonchev–Trinajstić information content (AvgIpc) is 2.57. The summed E-state index contributed by atoms with van der Waals surface area (Å²) in [7, 11) is 0. The molecule has 3 N–H and O–H groups in total. The number of hydrogen-bond donors (Lipinski definition) is 3. The summed E-state index contributed by atoms with van der Waals surface area (Å²) in [5, 5.41) is 29.1. The van der Waals surface area contributed by atoms with Crippen LogP contribution in [0.1, 0.15) is 0 Å². The zero-order valence-corrected chi connectivity index (χ0v) is 12.9. The molecule has 1 fully saturated rings. The van der Waals surface area contributed by atoms with E-state index < -0.39 is 23.7 Å². The molecule has 1 aromatic carbocycles. The van der Waals surface area contributed by atoms with Gasteiger partial charge in [0.1, 0.15) is 23.8 Å². The van der Waals surface area contributed by atoms with Gasteiger partial charge in [0.05, 0.1) is 18.0 Å². The third-order valence-corrected chi connectivity index (χ3v) is 4.82. The molecule has 2 aromatic rings. The van der Waals surface area contributed by atoms with Crippen LogP contribution in [0, 0.1) is 5.82 Å². The first-order valence-corrected chi connectivity index (χ1v) is 8.14. The van der Waals surface area contributed by atoms with Crippen molar-refractivity contribution in [1.82, 2.24) is 4.98 Å². The highest BCUT2D eigenvalue weighted by atomic mass is 32.2. The van der Waals surface area contributed by atoms with Crippen molar-refractivity contribution in [1.29, 1.82) is 0 Å². The van der Waals surface area contributed by atoms with E-state index in [0.717, 1.165) is 5.56 Å². The molecule has 5 nitrogen and oxygen atoms in total. The monoisotopic (exact) mass is 337 g/mol. The number of nitrogens with zero attached hydrogens (tertiary/aromatic N) is 1.